The monoisotopic (exact) mass is 319 g/mol. The number of aromatic nitrogens is 2. The first-order valence-corrected chi connectivity index (χ1v) is 8.04. The fraction of sp³-hybridized carbons (Fsp3) is 0.667. The number of carbonyl (C=O) groups is 1. The van der Waals surface area contributed by atoms with Gasteiger partial charge in [0.05, 0.1) is 17.5 Å². The lowest BCUT2D eigenvalue weighted by Crippen LogP contribution is -2.32. The number of ether oxygens (including phenoxy) is 1. The molecule has 0 radical (unpaired) electrons. The number of hydrogen-bond acceptors (Lipinski definition) is 5. The molecule has 8 nitrogen and oxygen atoms in total. The highest BCUT2D eigenvalue weighted by Crippen LogP contribution is 2.19. The Morgan fingerprint density at radius 2 is 2.10 bits per heavy atom. The maximum Gasteiger partial charge on any atom is 0.325 e. The van der Waals surface area contributed by atoms with Crippen molar-refractivity contribution in [1.82, 2.24) is 14.5 Å². The number of rotatable bonds is 8. The second-order valence-electron chi connectivity index (χ2n) is 4.67. The number of hydrogen-bond donors (Lipinski definition) is 2. The van der Waals surface area contributed by atoms with Gasteiger partial charge in [-0.1, -0.05) is 0 Å². The van der Waals surface area contributed by atoms with Crippen molar-refractivity contribution in [2.24, 2.45) is 0 Å². The zero-order chi connectivity index (χ0) is 16.2. The standard InChI is InChI=1S/C12H21N3O5S/c1-5-20-8(2)6-13-21(18,19)12-9(3)14-15(10(12)4)7-11(16)17/h8,13H,5-7H2,1-4H3,(H,16,17). The summed E-state index contributed by atoms with van der Waals surface area (Å²) in [7, 11) is -3.76. The highest BCUT2D eigenvalue weighted by molar-refractivity contribution is 7.89. The Morgan fingerprint density at radius 3 is 2.62 bits per heavy atom. The van der Waals surface area contributed by atoms with Crippen LogP contribution in [0, 0.1) is 13.8 Å². The maximum absolute atomic E-state index is 12.3. The molecule has 0 aliphatic rings. The quantitative estimate of drug-likeness (QED) is 0.712. The van der Waals surface area contributed by atoms with Gasteiger partial charge in [-0.05, 0) is 27.7 Å². The molecular weight excluding hydrogens is 298 g/mol. The van der Waals surface area contributed by atoms with Crippen molar-refractivity contribution >= 4 is 16.0 Å². The molecule has 0 bridgehead atoms. The van der Waals surface area contributed by atoms with Gasteiger partial charge in [-0.25, -0.2) is 13.1 Å². The van der Waals surface area contributed by atoms with Crippen molar-refractivity contribution in [3.8, 4) is 0 Å². The Kier molecular flexibility index (Phi) is 5.87. The summed E-state index contributed by atoms with van der Waals surface area (Å²) in [6, 6.07) is 0. The number of carboxylic acid groups (broad SMARTS) is 1. The summed E-state index contributed by atoms with van der Waals surface area (Å²) in [4.78, 5) is 10.8. The van der Waals surface area contributed by atoms with Crippen LogP contribution >= 0.6 is 0 Å². The van der Waals surface area contributed by atoms with E-state index in [4.69, 9.17) is 9.84 Å². The summed E-state index contributed by atoms with van der Waals surface area (Å²) < 4.78 is 33.5. The highest BCUT2D eigenvalue weighted by Gasteiger charge is 2.25. The van der Waals surface area contributed by atoms with Gasteiger partial charge in [-0.2, -0.15) is 5.10 Å². The molecule has 0 amide bonds. The van der Waals surface area contributed by atoms with E-state index in [-0.39, 0.29) is 29.8 Å². The second-order valence-corrected chi connectivity index (χ2v) is 6.37. The van der Waals surface area contributed by atoms with E-state index in [0.717, 1.165) is 4.68 Å². The molecule has 21 heavy (non-hydrogen) atoms. The molecule has 0 saturated heterocycles. The molecule has 1 rings (SSSR count). The van der Waals surface area contributed by atoms with E-state index >= 15 is 0 Å². The number of aryl methyl sites for hydroxylation is 1. The predicted octanol–water partition coefficient (Wildman–Crippen LogP) is 0.288. The van der Waals surface area contributed by atoms with Crippen molar-refractivity contribution in [3.63, 3.8) is 0 Å². The summed E-state index contributed by atoms with van der Waals surface area (Å²) in [5.74, 6) is -1.08. The van der Waals surface area contributed by atoms with Gasteiger partial charge in [-0.15, -0.1) is 0 Å². The molecule has 1 unspecified atom stereocenters. The molecule has 1 atom stereocenters. The van der Waals surface area contributed by atoms with Crippen LogP contribution in [0.2, 0.25) is 0 Å². The summed E-state index contributed by atoms with van der Waals surface area (Å²) in [5.41, 5.74) is 0.566. The third-order valence-electron chi connectivity index (χ3n) is 2.88. The Bertz CT molecular complexity index is 609. The predicted molar refractivity (Wildman–Crippen MR) is 75.6 cm³/mol. The summed E-state index contributed by atoms with van der Waals surface area (Å²) >= 11 is 0. The van der Waals surface area contributed by atoms with Crippen LogP contribution in [0.15, 0.2) is 4.90 Å². The van der Waals surface area contributed by atoms with Crippen LogP contribution in [-0.4, -0.2) is 48.5 Å². The van der Waals surface area contributed by atoms with E-state index in [0.29, 0.717) is 12.3 Å². The molecule has 1 aromatic heterocycles. The first-order chi connectivity index (χ1) is 9.69. The molecule has 0 aliphatic carbocycles. The van der Waals surface area contributed by atoms with Gasteiger partial charge >= 0.3 is 5.97 Å². The zero-order valence-corrected chi connectivity index (χ0v) is 13.4. The minimum atomic E-state index is -3.76. The molecule has 0 aromatic carbocycles. The highest BCUT2D eigenvalue weighted by atomic mass is 32.2. The molecule has 0 fully saturated rings. The molecule has 0 spiro atoms. The summed E-state index contributed by atoms with van der Waals surface area (Å²) in [6.45, 7) is 6.92. The van der Waals surface area contributed by atoms with E-state index in [9.17, 15) is 13.2 Å². The molecule has 1 heterocycles. The molecule has 0 saturated carbocycles. The average molecular weight is 319 g/mol. The number of nitrogens with zero attached hydrogens (tertiary/aromatic N) is 2. The normalized spacial score (nSPS) is 13.3. The van der Waals surface area contributed by atoms with E-state index in [1.807, 2.05) is 6.92 Å². The first-order valence-electron chi connectivity index (χ1n) is 6.56. The topological polar surface area (TPSA) is 111 Å². The first kappa shape index (κ1) is 17.6. The summed E-state index contributed by atoms with van der Waals surface area (Å²) in [5, 5.41) is 12.8. The number of nitrogens with one attached hydrogen (secondary N) is 1. The van der Waals surface area contributed by atoms with Crippen molar-refractivity contribution in [3.05, 3.63) is 11.4 Å². The van der Waals surface area contributed by atoms with E-state index in [1.165, 1.54) is 13.8 Å². The molecule has 9 heteroatoms. The van der Waals surface area contributed by atoms with Gasteiger partial charge in [0, 0.05) is 13.2 Å². The lowest BCUT2D eigenvalue weighted by atomic mass is 10.4. The largest absolute Gasteiger partial charge is 0.480 e. The fourth-order valence-electron chi connectivity index (χ4n) is 1.99. The Hall–Kier alpha value is -1.45. The van der Waals surface area contributed by atoms with Crippen molar-refractivity contribution in [2.75, 3.05) is 13.2 Å². The van der Waals surface area contributed by atoms with Gasteiger partial charge < -0.3 is 9.84 Å². The van der Waals surface area contributed by atoms with Crippen LogP contribution in [0.25, 0.3) is 0 Å². The Balaban J connectivity index is 2.98. The lowest BCUT2D eigenvalue weighted by Gasteiger charge is -2.13. The van der Waals surface area contributed by atoms with E-state index < -0.39 is 16.0 Å². The van der Waals surface area contributed by atoms with Gasteiger partial charge in [0.15, 0.2) is 0 Å². The fourth-order valence-corrected chi connectivity index (χ4v) is 3.52. The third kappa shape index (κ3) is 4.51. The van der Waals surface area contributed by atoms with Gasteiger partial charge in [-0.3, -0.25) is 9.48 Å². The van der Waals surface area contributed by atoms with E-state index in [1.54, 1.807) is 6.92 Å². The van der Waals surface area contributed by atoms with Crippen LogP contribution < -0.4 is 4.72 Å². The molecule has 0 aliphatic heterocycles. The Labute approximate surface area is 124 Å². The van der Waals surface area contributed by atoms with Crippen LogP contribution in [0.3, 0.4) is 0 Å². The van der Waals surface area contributed by atoms with Gasteiger partial charge in [0.2, 0.25) is 10.0 Å². The van der Waals surface area contributed by atoms with E-state index in [2.05, 4.69) is 9.82 Å². The van der Waals surface area contributed by atoms with Gasteiger partial charge in [0.25, 0.3) is 0 Å². The number of carboxylic acids is 1. The number of sulfonamides is 1. The molecule has 120 valence electrons. The smallest absolute Gasteiger partial charge is 0.325 e. The minimum absolute atomic E-state index is 0.0208. The molecule has 2 N–H and O–H groups in total. The third-order valence-corrected chi connectivity index (χ3v) is 4.56. The number of aliphatic carboxylic acids is 1. The average Bonchev–Trinajstić information content (AvgIpc) is 2.62. The lowest BCUT2D eigenvalue weighted by molar-refractivity contribution is -0.137. The zero-order valence-electron chi connectivity index (χ0n) is 12.6. The van der Waals surface area contributed by atoms with Crippen LogP contribution in [0.5, 0.6) is 0 Å². The maximum atomic E-state index is 12.3. The molecular formula is C12H21N3O5S. The van der Waals surface area contributed by atoms with Crippen LogP contribution in [0.4, 0.5) is 0 Å². The molecule has 1 aromatic rings. The van der Waals surface area contributed by atoms with Crippen LogP contribution in [-0.2, 0) is 26.1 Å². The van der Waals surface area contributed by atoms with Crippen LogP contribution in [0.1, 0.15) is 25.2 Å². The van der Waals surface area contributed by atoms with Gasteiger partial charge in [0.1, 0.15) is 11.4 Å². The van der Waals surface area contributed by atoms with Crippen molar-refractivity contribution in [1.29, 1.82) is 0 Å². The summed E-state index contributed by atoms with van der Waals surface area (Å²) in [6.07, 6.45) is -0.251. The Morgan fingerprint density at radius 1 is 1.48 bits per heavy atom. The SMILES string of the molecule is CCOC(C)CNS(=O)(=O)c1c(C)nn(CC(=O)O)c1C. The van der Waals surface area contributed by atoms with Crippen molar-refractivity contribution in [2.45, 2.75) is 45.2 Å². The second kappa shape index (κ2) is 7.01. The minimum Gasteiger partial charge on any atom is -0.480 e. The van der Waals surface area contributed by atoms with Crippen molar-refractivity contribution < 1.29 is 23.1 Å².